The SMILES string of the molecule is NC1(Cl)C=CC(Br)=CC1C(=O)c1ccccc1. The summed E-state index contributed by atoms with van der Waals surface area (Å²) < 4.78 is 0.813. The predicted octanol–water partition coefficient (Wildman–Crippen LogP) is 3.23. The Hall–Kier alpha value is -0.900. The number of carbonyl (C=O) groups excluding carboxylic acids is 1. The van der Waals surface area contributed by atoms with E-state index in [9.17, 15) is 4.79 Å². The number of ketones is 1. The first-order chi connectivity index (χ1) is 8.00. The lowest BCUT2D eigenvalue weighted by molar-refractivity contribution is 0.0930. The van der Waals surface area contributed by atoms with Gasteiger partial charge in [-0.25, -0.2) is 0 Å². The van der Waals surface area contributed by atoms with Crippen molar-refractivity contribution in [3.63, 3.8) is 0 Å². The third kappa shape index (κ3) is 2.68. The molecule has 0 saturated heterocycles. The van der Waals surface area contributed by atoms with E-state index in [0.717, 1.165) is 4.48 Å². The lowest BCUT2D eigenvalue weighted by Crippen LogP contribution is -2.44. The number of allylic oxidation sites excluding steroid dienone is 2. The van der Waals surface area contributed by atoms with Gasteiger partial charge in [0.2, 0.25) is 0 Å². The highest BCUT2D eigenvalue weighted by atomic mass is 79.9. The predicted molar refractivity (Wildman–Crippen MR) is 73.2 cm³/mol. The number of carbonyl (C=O) groups is 1. The second-order valence-electron chi connectivity index (χ2n) is 3.92. The molecule has 2 N–H and O–H groups in total. The maximum absolute atomic E-state index is 12.3. The van der Waals surface area contributed by atoms with Crippen LogP contribution in [0, 0.1) is 5.92 Å². The first-order valence-corrected chi connectivity index (χ1v) is 6.31. The van der Waals surface area contributed by atoms with Crippen molar-refractivity contribution in [3.8, 4) is 0 Å². The van der Waals surface area contributed by atoms with Crippen LogP contribution in [0.15, 0.2) is 53.0 Å². The zero-order valence-corrected chi connectivity index (χ0v) is 11.3. The Balaban J connectivity index is 2.34. The fourth-order valence-electron chi connectivity index (χ4n) is 1.71. The molecule has 0 aromatic heterocycles. The molecule has 2 nitrogen and oxygen atoms in total. The van der Waals surface area contributed by atoms with E-state index in [1.807, 2.05) is 18.2 Å². The standard InChI is InChI=1S/C13H11BrClNO/c14-10-6-7-13(15,16)11(8-10)12(17)9-4-2-1-3-5-9/h1-8,11H,16H2. The summed E-state index contributed by atoms with van der Waals surface area (Å²) in [6.45, 7) is 0. The monoisotopic (exact) mass is 311 g/mol. The quantitative estimate of drug-likeness (QED) is 0.517. The molecule has 1 aliphatic rings. The van der Waals surface area contributed by atoms with Gasteiger partial charge in [-0.3, -0.25) is 4.79 Å². The molecule has 17 heavy (non-hydrogen) atoms. The summed E-state index contributed by atoms with van der Waals surface area (Å²) >= 11 is 9.48. The second-order valence-corrected chi connectivity index (χ2v) is 5.49. The molecule has 0 amide bonds. The molecule has 0 fully saturated rings. The highest BCUT2D eigenvalue weighted by Crippen LogP contribution is 2.33. The number of halogens is 2. The highest BCUT2D eigenvalue weighted by Gasteiger charge is 2.36. The van der Waals surface area contributed by atoms with Gasteiger partial charge in [0.1, 0.15) is 5.00 Å². The molecule has 2 unspecified atom stereocenters. The summed E-state index contributed by atoms with van der Waals surface area (Å²) in [5, 5.41) is 0. The van der Waals surface area contributed by atoms with Gasteiger partial charge in [-0.15, -0.1) is 0 Å². The number of Topliss-reactive ketones (excluding diaryl/α,β-unsaturated/α-hetero) is 1. The van der Waals surface area contributed by atoms with Crippen LogP contribution < -0.4 is 5.73 Å². The first kappa shape index (κ1) is 12.6. The molecule has 2 rings (SSSR count). The average Bonchev–Trinajstić information content (AvgIpc) is 2.33. The van der Waals surface area contributed by atoms with Gasteiger partial charge in [0.25, 0.3) is 0 Å². The third-order valence-electron chi connectivity index (χ3n) is 2.64. The molecule has 0 heterocycles. The van der Waals surface area contributed by atoms with E-state index in [-0.39, 0.29) is 5.78 Å². The molecular formula is C13H11BrClNO. The molecule has 0 bridgehead atoms. The van der Waals surface area contributed by atoms with E-state index < -0.39 is 10.9 Å². The summed E-state index contributed by atoms with van der Waals surface area (Å²) in [6.07, 6.45) is 5.12. The summed E-state index contributed by atoms with van der Waals surface area (Å²) in [5.41, 5.74) is 6.53. The molecule has 1 aliphatic carbocycles. The van der Waals surface area contributed by atoms with Crippen molar-refractivity contribution in [2.45, 2.75) is 5.00 Å². The van der Waals surface area contributed by atoms with Crippen LogP contribution in [-0.2, 0) is 0 Å². The normalized spacial score (nSPS) is 27.7. The summed E-state index contributed by atoms with van der Waals surface area (Å²) in [4.78, 5) is 11.1. The van der Waals surface area contributed by atoms with Crippen LogP contribution in [-0.4, -0.2) is 10.8 Å². The Bertz CT molecular complexity index is 493. The molecule has 0 aliphatic heterocycles. The Morgan fingerprint density at radius 3 is 2.65 bits per heavy atom. The van der Waals surface area contributed by atoms with E-state index >= 15 is 0 Å². The molecular weight excluding hydrogens is 302 g/mol. The van der Waals surface area contributed by atoms with Gasteiger partial charge in [-0.05, 0) is 12.2 Å². The van der Waals surface area contributed by atoms with Crippen molar-refractivity contribution in [2.24, 2.45) is 11.7 Å². The molecule has 4 heteroatoms. The molecule has 88 valence electrons. The highest BCUT2D eigenvalue weighted by molar-refractivity contribution is 9.11. The number of hydrogen-bond acceptors (Lipinski definition) is 2. The Kier molecular flexibility index (Phi) is 3.52. The van der Waals surface area contributed by atoms with Crippen molar-refractivity contribution >= 4 is 33.3 Å². The van der Waals surface area contributed by atoms with Gasteiger partial charge in [0, 0.05) is 10.0 Å². The Morgan fingerprint density at radius 1 is 1.35 bits per heavy atom. The number of nitrogens with two attached hydrogens (primary N) is 1. The van der Waals surface area contributed by atoms with Crippen LogP contribution in [0.5, 0.6) is 0 Å². The lowest BCUT2D eigenvalue weighted by atomic mass is 9.87. The van der Waals surface area contributed by atoms with Gasteiger partial charge < -0.3 is 5.73 Å². The zero-order valence-electron chi connectivity index (χ0n) is 8.94. The molecule has 0 saturated carbocycles. The molecule has 1 aromatic rings. The van der Waals surface area contributed by atoms with Gasteiger partial charge >= 0.3 is 0 Å². The topological polar surface area (TPSA) is 43.1 Å². The third-order valence-corrected chi connectivity index (χ3v) is 3.53. The molecule has 0 spiro atoms. The molecule has 1 aromatic carbocycles. The van der Waals surface area contributed by atoms with Crippen molar-refractivity contribution < 1.29 is 4.79 Å². The summed E-state index contributed by atoms with van der Waals surface area (Å²) in [6, 6.07) is 9.01. The van der Waals surface area contributed by atoms with Crippen LogP contribution in [0.3, 0.4) is 0 Å². The van der Waals surface area contributed by atoms with Gasteiger partial charge in [0.05, 0.1) is 5.92 Å². The minimum atomic E-state index is -1.16. The minimum Gasteiger partial charge on any atom is -0.309 e. The smallest absolute Gasteiger partial charge is 0.173 e. The second kappa shape index (κ2) is 4.77. The zero-order chi connectivity index (χ0) is 12.5. The fourth-order valence-corrected chi connectivity index (χ4v) is 2.33. The largest absolute Gasteiger partial charge is 0.309 e. The van der Waals surface area contributed by atoms with Crippen LogP contribution in [0.2, 0.25) is 0 Å². The van der Waals surface area contributed by atoms with E-state index in [4.69, 9.17) is 17.3 Å². The molecule has 0 radical (unpaired) electrons. The molecule has 2 atom stereocenters. The fraction of sp³-hybridized carbons (Fsp3) is 0.154. The van der Waals surface area contributed by atoms with E-state index in [1.54, 1.807) is 30.4 Å². The average molecular weight is 313 g/mol. The van der Waals surface area contributed by atoms with Crippen LogP contribution in [0.25, 0.3) is 0 Å². The van der Waals surface area contributed by atoms with E-state index in [0.29, 0.717) is 5.56 Å². The minimum absolute atomic E-state index is 0.0793. The number of alkyl halides is 1. The van der Waals surface area contributed by atoms with Crippen LogP contribution in [0.1, 0.15) is 10.4 Å². The number of rotatable bonds is 2. The van der Waals surface area contributed by atoms with Gasteiger partial charge in [-0.2, -0.15) is 0 Å². The van der Waals surface area contributed by atoms with E-state index in [2.05, 4.69) is 15.9 Å². The van der Waals surface area contributed by atoms with Crippen molar-refractivity contribution in [1.29, 1.82) is 0 Å². The summed E-state index contributed by atoms with van der Waals surface area (Å²) in [7, 11) is 0. The maximum atomic E-state index is 12.3. The number of benzene rings is 1. The van der Waals surface area contributed by atoms with Gasteiger partial charge in [-0.1, -0.05) is 63.9 Å². The van der Waals surface area contributed by atoms with Crippen LogP contribution in [0.4, 0.5) is 0 Å². The van der Waals surface area contributed by atoms with Crippen molar-refractivity contribution in [1.82, 2.24) is 0 Å². The Labute approximate surface area is 113 Å². The van der Waals surface area contributed by atoms with E-state index in [1.165, 1.54) is 0 Å². The van der Waals surface area contributed by atoms with Crippen LogP contribution >= 0.6 is 27.5 Å². The van der Waals surface area contributed by atoms with Crippen molar-refractivity contribution in [2.75, 3.05) is 0 Å². The Morgan fingerprint density at radius 2 is 2.00 bits per heavy atom. The first-order valence-electron chi connectivity index (χ1n) is 5.14. The number of hydrogen-bond donors (Lipinski definition) is 1. The van der Waals surface area contributed by atoms with Crippen molar-refractivity contribution in [3.05, 3.63) is 58.6 Å². The summed E-state index contributed by atoms with van der Waals surface area (Å²) in [5.74, 6) is -0.643. The maximum Gasteiger partial charge on any atom is 0.173 e. The lowest BCUT2D eigenvalue weighted by Gasteiger charge is -2.28. The van der Waals surface area contributed by atoms with Gasteiger partial charge in [0.15, 0.2) is 5.78 Å².